The Balaban J connectivity index is 1.24. The number of hydrogen-bond acceptors (Lipinski definition) is 5. The minimum Gasteiger partial charge on any atom is -0.468 e. The SMILES string of the molecule is CC(C)(C)c1ccc(N(c2ccc(C(C)(C)C)cc2)c2cc3c(sc4ccccc43)c3c2B2c4oc5ccccc5c4N(c4ccc(C(C)(C)C)cc4)c4cccc(c42)O3)cc1. The van der Waals surface area contributed by atoms with Crippen LogP contribution in [0.1, 0.15) is 79.0 Å². The molecule has 0 atom stereocenters. The monoisotopic (exact) mass is 826 g/mol. The van der Waals surface area contributed by atoms with E-state index in [2.05, 4.69) is 218 Å². The Hall–Kier alpha value is -6.24. The zero-order valence-electron chi connectivity index (χ0n) is 37.1. The van der Waals surface area contributed by atoms with Gasteiger partial charge in [0.1, 0.15) is 22.7 Å². The van der Waals surface area contributed by atoms with Crippen LogP contribution in [0.3, 0.4) is 0 Å². The summed E-state index contributed by atoms with van der Waals surface area (Å²) in [5.41, 5.74) is 14.4. The Bertz CT molecular complexity index is 3150. The summed E-state index contributed by atoms with van der Waals surface area (Å²) in [5.74, 6) is 1.75. The van der Waals surface area contributed by atoms with E-state index in [4.69, 9.17) is 9.15 Å². The largest absolute Gasteiger partial charge is 0.468 e. The van der Waals surface area contributed by atoms with E-state index in [1.54, 1.807) is 0 Å². The summed E-state index contributed by atoms with van der Waals surface area (Å²) in [6.45, 7) is 20.2. The first-order valence-corrected chi connectivity index (χ1v) is 22.7. The highest BCUT2D eigenvalue weighted by Crippen LogP contribution is 2.50. The molecular weight excluding hydrogens is 776 g/mol. The molecule has 4 heterocycles. The van der Waals surface area contributed by atoms with Gasteiger partial charge in [0, 0.05) is 60.2 Å². The summed E-state index contributed by atoms with van der Waals surface area (Å²) in [4.78, 5) is 4.86. The van der Waals surface area contributed by atoms with Crippen LogP contribution < -0.4 is 31.1 Å². The fourth-order valence-electron chi connectivity index (χ4n) is 9.64. The normalized spacial score (nSPS) is 13.6. The lowest BCUT2D eigenvalue weighted by molar-refractivity contribution is 0.493. The van der Waals surface area contributed by atoms with Crippen molar-refractivity contribution in [2.24, 2.45) is 0 Å². The first-order valence-electron chi connectivity index (χ1n) is 21.9. The number of ether oxygens (including phenoxy) is 1. The third-order valence-electron chi connectivity index (χ3n) is 13.0. The van der Waals surface area contributed by atoms with E-state index in [1.165, 1.54) is 32.2 Å². The number of rotatable bonds is 4. The van der Waals surface area contributed by atoms with E-state index in [0.29, 0.717) is 0 Å². The van der Waals surface area contributed by atoms with Gasteiger partial charge in [0.2, 0.25) is 0 Å². The molecule has 0 radical (unpaired) electrons. The van der Waals surface area contributed by atoms with Gasteiger partial charge in [-0.1, -0.05) is 135 Å². The van der Waals surface area contributed by atoms with E-state index in [-0.39, 0.29) is 23.0 Å². The zero-order valence-corrected chi connectivity index (χ0v) is 37.9. The lowest BCUT2D eigenvalue weighted by Gasteiger charge is -2.39. The maximum Gasteiger partial charge on any atom is 0.303 e. The van der Waals surface area contributed by atoms with Crippen molar-refractivity contribution in [1.29, 1.82) is 0 Å². The molecule has 7 aromatic carbocycles. The fourth-order valence-corrected chi connectivity index (χ4v) is 10.8. The summed E-state index contributed by atoms with van der Waals surface area (Å²) in [7, 11) is 0. The summed E-state index contributed by atoms with van der Waals surface area (Å²) in [5, 5.41) is 3.50. The van der Waals surface area contributed by atoms with Crippen molar-refractivity contribution < 1.29 is 9.15 Å². The van der Waals surface area contributed by atoms with Gasteiger partial charge in [0.05, 0.1) is 10.4 Å². The third kappa shape index (κ3) is 6.01. The molecule has 6 heteroatoms. The van der Waals surface area contributed by atoms with E-state index < -0.39 is 0 Å². The average molecular weight is 827 g/mol. The predicted octanol–water partition coefficient (Wildman–Crippen LogP) is 14.6. The number of nitrogens with zero attached hydrogens (tertiary/aromatic N) is 2. The molecule has 0 aliphatic carbocycles. The first kappa shape index (κ1) is 38.7. The maximum absolute atomic E-state index is 7.41. The highest BCUT2D eigenvalue weighted by molar-refractivity contribution is 7.26. The van der Waals surface area contributed by atoms with Crippen LogP contribution in [-0.2, 0) is 16.2 Å². The van der Waals surface area contributed by atoms with Gasteiger partial charge in [0.25, 0.3) is 0 Å². The van der Waals surface area contributed by atoms with Crippen LogP contribution in [0.25, 0.3) is 31.1 Å². The van der Waals surface area contributed by atoms with Gasteiger partial charge in [-0.2, -0.15) is 0 Å². The van der Waals surface area contributed by atoms with Gasteiger partial charge < -0.3 is 19.0 Å². The molecule has 11 rings (SSSR count). The van der Waals surface area contributed by atoms with Crippen LogP contribution in [0, 0.1) is 0 Å². The molecule has 0 saturated carbocycles. The van der Waals surface area contributed by atoms with Gasteiger partial charge in [-0.15, -0.1) is 11.3 Å². The summed E-state index contributed by atoms with van der Waals surface area (Å²) < 4.78 is 17.0. The standard InChI is InChI=1S/C56H51BN2O2S/c1-54(2,3)34-21-27-37(28-22-34)58(38-29-23-35(24-30-38)55(4,5)6)44-33-42-40-15-11-13-20-47(40)62-52(42)51-49(44)57-48-43(17-14-19-46(48)60-51)59(39-31-25-36(26-32-39)56(7,8)9)50-41-16-10-12-18-45(41)61-53(50)57/h10-33H,1-9H3. The van der Waals surface area contributed by atoms with E-state index in [1.807, 2.05) is 11.3 Å². The van der Waals surface area contributed by atoms with Crippen molar-refractivity contribution in [2.75, 3.05) is 9.80 Å². The van der Waals surface area contributed by atoms with Gasteiger partial charge in [-0.25, -0.2) is 0 Å². The van der Waals surface area contributed by atoms with Gasteiger partial charge in [0.15, 0.2) is 0 Å². The highest BCUT2D eigenvalue weighted by atomic mass is 32.1. The molecular formula is C56H51BN2O2S. The van der Waals surface area contributed by atoms with E-state index in [0.717, 1.165) is 77.9 Å². The van der Waals surface area contributed by atoms with Crippen LogP contribution in [0.2, 0.25) is 0 Å². The molecule has 2 aliphatic heterocycles. The van der Waals surface area contributed by atoms with Crippen LogP contribution in [0.5, 0.6) is 11.5 Å². The minimum absolute atomic E-state index is 0.0120. The van der Waals surface area contributed by atoms with Crippen molar-refractivity contribution in [3.8, 4) is 11.5 Å². The molecule has 0 saturated heterocycles. The van der Waals surface area contributed by atoms with Crippen molar-refractivity contribution in [2.45, 2.75) is 78.6 Å². The Labute approximate surface area is 369 Å². The summed E-state index contributed by atoms with van der Waals surface area (Å²) in [6.07, 6.45) is 0. The number of fused-ring (bicyclic) bond motifs is 10. The number of anilines is 6. The van der Waals surface area contributed by atoms with E-state index >= 15 is 0 Å². The van der Waals surface area contributed by atoms with Crippen molar-refractivity contribution >= 4 is 99.9 Å². The number of benzene rings is 7. The number of thiophene rings is 1. The first-order chi connectivity index (χ1) is 29.6. The van der Waals surface area contributed by atoms with Crippen LogP contribution >= 0.6 is 11.3 Å². The summed E-state index contributed by atoms with van der Waals surface area (Å²) >= 11 is 1.81. The molecule has 306 valence electrons. The Morgan fingerprint density at radius 1 is 0.548 bits per heavy atom. The number of furan rings is 1. The molecule has 62 heavy (non-hydrogen) atoms. The average Bonchev–Trinajstić information content (AvgIpc) is 3.82. The maximum atomic E-state index is 7.41. The second-order valence-corrected chi connectivity index (χ2v) is 21.3. The van der Waals surface area contributed by atoms with Crippen LogP contribution in [-0.4, -0.2) is 6.71 Å². The van der Waals surface area contributed by atoms with E-state index in [9.17, 15) is 0 Å². The summed E-state index contributed by atoms with van der Waals surface area (Å²) in [6, 6.07) is 53.7. The smallest absolute Gasteiger partial charge is 0.303 e. The molecule has 0 spiro atoms. The molecule has 0 unspecified atom stereocenters. The van der Waals surface area contributed by atoms with Crippen molar-refractivity contribution in [3.05, 3.63) is 162 Å². The zero-order chi connectivity index (χ0) is 42.9. The minimum atomic E-state index is -0.271. The lowest BCUT2D eigenvalue weighted by Crippen LogP contribution is -2.59. The number of hydrogen-bond donors (Lipinski definition) is 0. The second kappa shape index (κ2) is 13.6. The van der Waals surface area contributed by atoms with Crippen LogP contribution in [0.15, 0.2) is 150 Å². The Morgan fingerprint density at radius 2 is 1.11 bits per heavy atom. The van der Waals surface area contributed by atoms with Crippen LogP contribution in [0.4, 0.5) is 34.1 Å². The molecule has 9 aromatic rings. The second-order valence-electron chi connectivity index (χ2n) is 20.2. The quantitative estimate of drug-likeness (QED) is 0.165. The molecule has 2 aromatic heterocycles. The predicted molar refractivity (Wildman–Crippen MR) is 266 cm³/mol. The Kier molecular flexibility index (Phi) is 8.50. The molecule has 4 nitrogen and oxygen atoms in total. The lowest BCUT2D eigenvalue weighted by atomic mass is 9.36. The highest BCUT2D eigenvalue weighted by Gasteiger charge is 2.48. The fraction of sp³-hybridized carbons (Fsp3) is 0.214. The van der Waals surface area contributed by atoms with Gasteiger partial charge in [-0.05, 0) is 106 Å². The van der Waals surface area contributed by atoms with Crippen molar-refractivity contribution in [3.63, 3.8) is 0 Å². The topological polar surface area (TPSA) is 28.9 Å². The molecule has 2 aliphatic rings. The van der Waals surface area contributed by atoms with Crippen molar-refractivity contribution in [1.82, 2.24) is 0 Å². The molecule has 0 fully saturated rings. The Morgan fingerprint density at radius 3 is 1.73 bits per heavy atom. The molecule has 0 N–H and O–H groups in total. The van der Waals surface area contributed by atoms with Gasteiger partial charge >= 0.3 is 6.71 Å². The van der Waals surface area contributed by atoms with Gasteiger partial charge in [-0.3, -0.25) is 0 Å². The molecule has 0 bridgehead atoms. The molecule has 0 amide bonds. The third-order valence-corrected chi connectivity index (χ3v) is 14.2. The number of para-hydroxylation sites is 1.